The molecule has 0 aliphatic rings. The van der Waals surface area contributed by atoms with Crippen LogP contribution in [0, 0.1) is 0 Å². The van der Waals surface area contributed by atoms with E-state index in [-0.39, 0.29) is 0 Å². The highest BCUT2D eigenvalue weighted by Gasteiger charge is 2.04. The predicted octanol–water partition coefficient (Wildman–Crippen LogP) is 2.13. The maximum atomic E-state index is 5.87. The molecule has 4 N–H and O–H groups in total. The topological polar surface area (TPSA) is 77.3 Å². The minimum atomic E-state index is 0.467. The van der Waals surface area contributed by atoms with Crippen molar-refractivity contribution in [2.75, 3.05) is 5.73 Å². The molecule has 0 saturated carbocycles. The van der Waals surface area contributed by atoms with Crippen molar-refractivity contribution in [1.29, 1.82) is 0 Å². The van der Waals surface area contributed by atoms with Crippen LogP contribution in [-0.2, 0) is 6.42 Å². The lowest BCUT2D eigenvalue weighted by Gasteiger charge is -2.06. The maximum Gasteiger partial charge on any atom is 0.133 e. The second kappa shape index (κ2) is 6.48. The number of aryl methyl sites for hydroxylation is 1. The molecule has 0 aliphatic heterocycles. The Morgan fingerprint density at radius 2 is 2.29 bits per heavy atom. The van der Waals surface area contributed by atoms with Gasteiger partial charge >= 0.3 is 0 Å². The summed E-state index contributed by atoms with van der Waals surface area (Å²) in [6.07, 6.45) is 6.58. The zero-order valence-corrected chi connectivity index (χ0v) is 10.1. The van der Waals surface area contributed by atoms with Gasteiger partial charge in [-0.15, -0.1) is 0 Å². The van der Waals surface area contributed by atoms with Gasteiger partial charge in [-0.1, -0.05) is 19.9 Å². The molecule has 0 spiro atoms. The Morgan fingerprint density at radius 3 is 2.88 bits per heavy atom. The van der Waals surface area contributed by atoms with Crippen LogP contribution in [0.25, 0.3) is 5.70 Å². The second-order valence-electron chi connectivity index (χ2n) is 3.60. The van der Waals surface area contributed by atoms with Crippen molar-refractivity contribution in [2.45, 2.75) is 19.8 Å². The summed E-state index contributed by atoms with van der Waals surface area (Å²) in [5.41, 5.74) is 13.4. The van der Waals surface area contributed by atoms with Gasteiger partial charge in [0.25, 0.3) is 0 Å². The van der Waals surface area contributed by atoms with Crippen molar-refractivity contribution >= 4 is 17.7 Å². The number of pyridine rings is 1. The zero-order valence-electron chi connectivity index (χ0n) is 10.1. The monoisotopic (exact) mass is 230 g/mol. The van der Waals surface area contributed by atoms with E-state index in [1.54, 1.807) is 12.3 Å². The van der Waals surface area contributed by atoms with Crippen molar-refractivity contribution in [3.8, 4) is 0 Å². The van der Waals surface area contributed by atoms with E-state index >= 15 is 0 Å². The van der Waals surface area contributed by atoms with Crippen LogP contribution in [0.4, 0.5) is 5.82 Å². The number of allylic oxidation sites excluding steroid dienone is 1. The molecular weight excluding hydrogens is 212 g/mol. The highest BCUT2D eigenvalue weighted by Crippen LogP contribution is 2.19. The van der Waals surface area contributed by atoms with E-state index in [1.165, 1.54) is 6.20 Å². The fourth-order valence-corrected chi connectivity index (χ4v) is 1.41. The van der Waals surface area contributed by atoms with Crippen LogP contribution in [0.5, 0.6) is 0 Å². The van der Waals surface area contributed by atoms with Crippen LogP contribution >= 0.6 is 0 Å². The molecule has 4 nitrogen and oxygen atoms in total. The Hall–Kier alpha value is -2.10. The van der Waals surface area contributed by atoms with Crippen LogP contribution in [0.2, 0.25) is 0 Å². The molecule has 0 aliphatic carbocycles. The molecule has 0 atom stereocenters. The van der Waals surface area contributed by atoms with E-state index in [9.17, 15) is 0 Å². The third kappa shape index (κ3) is 3.75. The molecular formula is C13H18N4. The molecule has 0 aromatic carbocycles. The van der Waals surface area contributed by atoms with Gasteiger partial charge in [0.1, 0.15) is 5.82 Å². The van der Waals surface area contributed by atoms with Gasteiger partial charge in [-0.05, 0) is 30.8 Å². The van der Waals surface area contributed by atoms with Crippen LogP contribution in [0.1, 0.15) is 24.6 Å². The Morgan fingerprint density at radius 1 is 1.53 bits per heavy atom. The smallest absolute Gasteiger partial charge is 0.133 e. The molecule has 0 bridgehead atoms. The molecule has 0 unspecified atom stereocenters. The van der Waals surface area contributed by atoms with E-state index in [0.717, 1.165) is 24.1 Å². The minimum Gasteiger partial charge on any atom is -0.405 e. The Balaban J connectivity index is 2.88. The fourth-order valence-electron chi connectivity index (χ4n) is 1.41. The normalized spacial score (nSPS) is 11.4. The van der Waals surface area contributed by atoms with E-state index in [2.05, 4.69) is 23.5 Å². The van der Waals surface area contributed by atoms with Crippen molar-refractivity contribution < 1.29 is 0 Å². The third-order valence-corrected chi connectivity index (χ3v) is 2.23. The van der Waals surface area contributed by atoms with E-state index in [1.807, 2.05) is 12.1 Å². The lowest BCUT2D eigenvalue weighted by atomic mass is 10.1. The summed E-state index contributed by atoms with van der Waals surface area (Å²) in [5.74, 6) is 0.467. The number of hydrogen-bond acceptors (Lipinski definition) is 4. The van der Waals surface area contributed by atoms with Gasteiger partial charge in [0.2, 0.25) is 0 Å². The highest BCUT2D eigenvalue weighted by atomic mass is 14.9. The number of nitrogens with two attached hydrogens (primary N) is 2. The quantitative estimate of drug-likeness (QED) is 0.761. The fraction of sp³-hybridized carbons (Fsp3) is 0.231. The molecule has 1 aromatic heterocycles. The van der Waals surface area contributed by atoms with Gasteiger partial charge in [-0.3, -0.25) is 4.99 Å². The number of anilines is 1. The van der Waals surface area contributed by atoms with Crippen molar-refractivity contribution in [3.05, 3.63) is 42.2 Å². The molecule has 0 fully saturated rings. The van der Waals surface area contributed by atoms with E-state index < -0.39 is 0 Å². The number of aliphatic imine (C=N–C) groups is 1. The van der Waals surface area contributed by atoms with Crippen molar-refractivity contribution in [2.24, 2.45) is 10.7 Å². The number of rotatable bonds is 5. The lowest BCUT2D eigenvalue weighted by Crippen LogP contribution is -1.99. The number of nitrogen functional groups attached to an aromatic ring is 1. The summed E-state index contributed by atoms with van der Waals surface area (Å²) in [5, 5.41) is 0. The van der Waals surface area contributed by atoms with E-state index in [0.29, 0.717) is 11.5 Å². The first kappa shape index (κ1) is 13.0. The average Bonchev–Trinajstić information content (AvgIpc) is 2.29. The Kier molecular flexibility index (Phi) is 4.94. The first-order valence-electron chi connectivity index (χ1n) is 5.54. The van der Waals surface area contributed by atoms with Gasteiger partial charge in [-0.2, -0.15) is 0 Å². The number of aromatic nitrogens is 1. The minimum absolute atomic E-state index is 0.467. The molecule has 90 valence electrons. The molecule has 0 radical (unpaired) electrons. The van der Waals surface area contributed by atoms with Gasteiger partial charge in [0, 0.05) is 17.5 Å². The summed E-state index contributed by atoms with van der Waals surface area (Å²) < 4.78 is 0. The molecule has 1 rings (SSSR count). The largest absolute Gasteiger partial charge is 0.405 e. The number of nitrogens with zero attached hydrogens (tertiary/aromatic N) is 2. The van der Waals surface area contributed by atoms with Crippen LogP contribution < -0.4 is 11.5 Å². The van der Waals surface area contributed by atoms with Gasteiger partial charge in [-0.25, -0.2) is 4.98 Å². The third-order valence-electron chi connectivity index (χ3n) is 2.23. The lowest BCUT2D eigenvalue weighted by molar-refractivity contribution is 0.884. The molecule has 1 heterocycles. The average molecular weight is 230 g/mol. The Bertz CT molecular complexity index is 447. The molecule has 17 heavy (non-hydrogen) atoms. The number of hydrogen-bond donors (Lipinski definition) is 2. The summed E-state index contributed by atoms with van der Waals surface area (Å²) in [7, 11) is 0. The summed E-state index contributed by atoms with van der Waals surface area (Å²) >= 11 is 0. The van der Waals surface area contributed by atoms with Gasteiger partial charge in [0.05, 0.1) is 5.70 Å². The molecule has 4 heteroatoms. The zero-order chi connectivity index (χ0) is 12.7. The summed E-state index contributed by atoms with van der Waals surface area (Å²) in [6.45, 7) is 5.95. The van der Waals surface area contributed by atoms with E-state index in [4.69, 9.17) is 11.5 Å². The highest BCUT2D eigenvalue weighted by molar-refractivity contribution is 5.81. The van der Waals surface area contributed by atoms with Gasteiger partial charge in [0.15, 0.2) is 0 Å². The maximum absolute atomic E-state index is 5.87. The van der Waals surface area contributed by atoms with Crippen LogP contribution in [0.15, 0.2) is 36.0 Å². The molecule has 0 amide bonds. The predicted molar refractivity (Wildman–Crippen MR) is 73.5 cm³/mol. The van der Waals surface area contributed by atoms with Crippen LogP contribution in [-0.4, -0.2) is 11.2 Å². The molecule has 1 aromatic rings. The van der Waals surface area contributed by atoms with Crippen molar-refractivity contribution in [1.82, 2.24) is 4.98 Å². The standard InChI is InChI=1S/C13H18N4/c1-3-5-11-6-7-12(13(15)17-11)10(2)16-9-4-8-14/h4,6-9H,2-3,5,14H2,1H3,(H2,15,17)/b8-4-,16-9?. The molecule has 0 saturated heterocycles. The SMILES string of the molecule is C=C(N=C/C=C\N)c1ccc(CCC)nc1N. The van der Waals surface area contributed by atoms with Gasteiger partial charge < -0.3 is 11.5 Å². The van der Waals surface area contributed by atoms with Crippen LogP contribution in [0.3, 0.4) is 0 Å². The van der Waals surface area contributed by atoms with Crippen molar-refractivity contribution in [3.63, 3.8) is 0 Å². The summed E-state index contributed by atoms with van der Waals surface area (Å²) in [6, 6.07) is 3.85. The second-order valence-corrected chi connectivity index (χ2v) is 3.60. The summed E-state index contributed by atoms with van der Waals surface area (Å²) in [4.78, 5) is 8.43. The Labute approximate surface area is 102 Å². The first-order chi connectivity index (χ1) is 8.19. The first-order valence-corrected chi connectivity index (χ1v) is 5.54.